The lowest BCUT2D eigenvalue weighted by molar-refractivity contribution is -0.0544. The molecule has 16 heavy (non-hydrogen) atoms. The Balaban J connectivity index is 3.15. The van der Waals surface area contributed by atoms with Crippen molar-refractivity contribution in [2.75, 3.05) is 7.11 Å². The van der Waals surface area contributed by atoms with E-state index in [1.54, 1.807) is 7.11 Å². The average molecular weight is 242 g/mol. The molecule has 0 unspecified atom stereocenters. The van der Waals surface area contributed by atoms with Crippen LogP contribution in [0.5, 0.6) is 0 Å². The molecule has 1 aromatic rings. The molecule has 1 rings (SSSR count). The normalized spacial score (nSPS) is 15.1. The summed E-state index contributed by atoms with van der Waals surface area (Å²) in [7, 11) is 1.71. The van der Waals surface area contributed by atoms with Gasteiger partial charge in [0.05, 0.1) is 0 Å². The summed E-state index contributed by atoms with van der Waals surface area (Å²) in [5, 5.41) is 4.18. The highest BCUT2D eigenvalue weighted by molar-refractivity contribution is 6.31. The minimum atomic E-state index is -0.494. The van der Waals surface area contributed by atoms with Crippen molar-refractivity contribution in [1.29, 1.82) is 0 Å². The van der Waals surface area contributed by atoms with Crippen LogP contribution in [0.4, 0.5) is 0 Å². The molecular weight excluding hydrogens is 222 g/mol. The zero-order valence-corrected chi connectivity index (χ0v) is 11.1. The maximum Gasteiger partial charge on any atom is 0.146 e. The smallest absolute Gasteiger partial charge is 0.146 e. The molecule has 2 nitrogen and oxygen atoms in total. The molecule has 1 atom stereocenters. The number of methoxy groups -OCH3 is 1. The number of halogens is 1. The van der Waals surface area contributed by atoms with Crippen molar-refractivity contribution in [3.8, 4) is 0 Å². The van der Waals surface area contributed by atoms with E-state index in [2.05, 4.69) is 26.1 Å². The fourth-order valence-corrected chi connectivity index (χ4v) is 2.23. The van der Waals surface area contributed by atoms with Crippen LogP contribution in [0.3, 0.4) is 0 Å². The highest BCUT2D eigenvalue weighted by Crippen LogP contribution is 2.31. The molecule has 0 fully saturated rings. The summed E-state index contributed by atoms with van der Waals surface area (Å²) >= 11 is 6.23. The molecule has 1 aromatic carbocycles. The van der Waals surface area contributed by atoms with Crippen LogP contribution >= 0.6 is 11.6 Å². The highest BCUT2D eigenvalue weighted by Gasteiger charge is 2.32. The summed E-state index contributed by atoms with van der Waals surface area (Å²) in [4.78, 5) is 0. The van der Waals surface area contributed by atoms with Gasteiger partial charge in [-0.05, 0) is 26.3 Å². The summed E-state index contributed by atoms with van der Waals surface area (Å²) in [5.74, 6) is 0. The van der Waals surface area contributed by atoms with E-state index in [0.717, 1.165) is 17.0 Å². The Morgan fingerprint density at radius 3 is 2.44 bits per heavy atom. The molecule has 0 amide bonds. The molecule has 0 aliphatic heterocycles. The third kappa shape index (κ3) is 2.76. The van der Waals surface area contributed by atoms with Crippen LogP contribution in [0.15, 0.2) is 24.3 Å². The van der Waals surface area contributed by atoms with Crippen molar-refractivity contribution in [3.63, 3.8) is 0 Å². The van der Waals surface area contributed by atoms with Gasteiger partial charge in [0, 0.05) is 23.7 Å². The number of hydrogen-bond donors (Lipinski definition) is 1. The van der Waals surface area contributed by atoms with Crippen molar-refractivity contribution < 1.29 is 4.74 Å². The van der Waals surface area contributed by atoms with E-state index in [-0.39, 0.29) is 0 Å². The fraction of sp³-hybridized carbons (Fsp3) is 0.538. The van der Waals surface area contributed by atoms with Crippen LogP contribution in [-0.2, 0) is 10.5 Å². The highest BCUT2D eigenvalue weighted by atomic mass is 35.5. The molecule has 0 saturated heterocycles. The van der Waals surface area contributed by atoms with Gasteiger partial charge in [0.25, 0.3) is 0 Å². The Morgan fingerprint density at radius 2 is 2.00 bits per heavy atom. The Bertz CT molecular complexity index is 334. The largest absolute Gasteiger partial charge is 0.360 e. The molecule has 1 N–H and O–H groups in total. The van der Waals surface area contributed by atoms with Gasteiger partial charge in [-0.1, -0.05) is 36.7 Å². The quantitative estimate of drug-likeness (QED) is 0.797. The number of hydrogen-bond acceptors (Lipinski definition) is 2. The van der Waals surface area contributed by atoms with Gasteiger partial charge in [0.1, 0.15) is 5.72 Å². The molecule has 0 saturated carbocycles. The zero-order chi connectivity index (χ0) is 12.2. The molecule has 0 radical (unpaired) electrons. The Labute approximate surface area is 103 Å². The van der Waals surface area contributed by atoms with Gasteiger partial charge >= 0.3 is 0 Å². The number of benzene rings is 1. The van der Waals surface area contributed by atoms with E-state index in [9.17, 15) is 0 Å². The van der Waals surface area contributed by atoms with Gasteiger partial charge in [-0.15, -0.1) is 0 Å². The summed E-state index contributed by atoms with van der Waals surface area (Å²) < 4.78 is 5.67. The molecule has 0 aliphatic rings. The van der Waals surface area contributed by atoms with Crippen molar-refractivity contribution in [3.05, 3.63) is 34.9 Å². The van der Waals surface area contributed by atoms with Gasteiger partial charge in [-0.2, -0.15) is 0 Å². The third-order valence-corrected chi connectivity index (χ3v) is 3.01. The molecule has 0 spiro atoms. The predicted octanol–water partition coefficient (Wildman–Crippen LogP) is 3.55. The molecule has 90 valence electrons. The number of rotatable bonds is 5. The molecule has 3 heteroatoms. The van der Waals surface area contributed by atoms with E-state index >= 15 is 0 Å². The van der Waals surface area contributed by atoms with Crippen LogP contribution in [0.2, 0.25) is 5.02 Å². The van der Waals surface area contributed by atoms with E-state index < -0.39 is 5.72 Å². The summed E-state index contributed by atoms with van der Waals surface area (Å²) in [6.07, 6.45) is 0.825. The molecular formula is C13H20ClNO. The lowest BCUT2D eigenvalue weighted by atomic mass is 9.98. The van der Waals surface area contributed by atoms with Gasteiger partial charge < -0.3 is 4.74 Å². The Hall–Kier alpha value is -0.570. The molecule has 0 aromatic heterocycles. The van der Waals surface area contributed by atoms with Crippen LogP contribution < -0.4 is 5.32 Å². The summed E-state index contributed by atoms with van der Waals surface area (Å²) in [6.45, 7) is 6.28. The van der Waals surface area contributed by atoms with Gasteiger partial charge in [-0.3, -0.25) is 5.32 Å². The lowest BCUT2D eigenvalue weighted by Crippen LogP contribution is -2.47. The first-order valence-corrected chi connectivity index (χ1v) is 6.01. The first-order valence-electron chi connectivity index (χ1n) is 5.63. The second-order valence-corrected chi connectivity index (χ2v) is 4.57. The Morgan fingerprint density at radius 1 is 1.38 bits per heavy atom. The summed E-state index contributed by atoms with van der Waals surface area (Å²) in [5.41, 5.74) is 0.502. The van der Waals surface area contributed by atoms with Crippen molar-refractivity contribution in [2.24, 2.45) is 0 Å². The van der Waals surface area contributed by atoms with Crippen LogP contribution in [-0.4, -0.2) is 13.2 Å². The van der Waals surface area contributed by atoms with E-state index in [1.165, 1.54) is 0 Å². The van der Waals surface area contributed by atoms with E-state index in [1.807, 2.05) is 24.3 Å². The van der Waals surface area contributed by atoms with E-state index in [0.29, 0.717) is 6.04 Å². The van der Waals surface area contributed by atoms with Gasteiger partial charge in [0.2, 0.25) is 0 Å². The monoisotopic (exact) mass is 241 g/mol. The second-order valence-electron chi connectivity index (χ2n) is 4.16. The van der Waals surface area contributed by atoms with Crippen LogP contribution in [0.25, 0.3) is 0 Å². The Kier molecular flexibility index (Phi) is 4.78. The number of nitrogens with one attached hydrogen (secondary N) is 1. The van der Waals surface area contributed by atoms with Gasteiger partial charge in [-0.25, -0.2) is 0 Å². The van der Waals surface area contributed by atoms with Crippen LogP contribution in [0.1, 0.15) is 32.8 Å². The zero-order valence-electron chi connectivity index (χ0n) is 10.4. The maximum atomic E-state index is 6.23. The second kappa shape index (κ2) is 5.67. The molecule has 0 aliphatic carbocycles. The minimum absolute atomic E-state index is 0.330. The van der Waals surface area contributed by atoms with Crippen molar-refractivity contribution >= 4 is 11.6 Å². The molecule has 0 bridgehead atoms. The average Bonchev–Trinajstić information content (AvgIpc) is 2.26. The maximum absolute atomic E-state index is 6.23. The molecule has 0 heterocycles. The summed E-state index contributed by atoms with van der Waals surface area (Å²) in [6, 6.07) is 8.13. The van der Waals surface area contributed by atoms with E-state index in [4.69, 9.17) is 16.3 Å². The SMILES string of the molecule is CC[C@@](NC(C)C)(OC)c1ccccc1Cl. The van der Waals surface area contributed by atoms with Crippen LogP contribution in [0, 0.1) is 0 Å². The standard InChI is InChI=1S/C13H20ClNO/c1-5-13(16-4,15-10(2)3)11-8-6-7-9-12(11)14/h6-10,15H,5H2,1-4H3/t13-/m1/s1. The first-order chi connectivity index (χ1) is 7.55. The third-order valence-electron chi connectivity index (χ3n) is 2.68. The lowest BCUT2D eigenvalue weighted by Gasteiger charge is -2.35. The number of ether oxygens (including phenoxy) is 1. The van der Waals surface area contributed by atoms with Gasteiger partial charge in [0.15, 0.2) is 0 Å². The topological polar surface area (TPSA) is 21.3 Å². The fourth-order valence-electron chi connectivity index (χ4n) is 1.94. The first kappa shape index (κ1) is 13.5. The minimum Gasteiger partial charge on any atom is -0.360 e. The predicted molar refractivity (Wildman–Crippen MR) is 68.7 cm³/mol. The van der Waals surface area contributed by atoms with Crippen molar-refractivity contribution in [2.45, 2.75) is 39.0 Å². The van der Waals surface area contributed by atoms with Crippen molar-refractivity contribution in [1.82, 2.24) is 5.32 Å².